The van der Waals surface area contributed by atoms with Gasteiger partial charge in [-0.1, -0.05) is 41.4 Å². The minimum absolute atomic E-state index is 0.156. The second-order valence-electron chi connectivity index (χ2n) is 5.37. The van der Waals surface area contributed by atoms with Gasteiger partial charge in [-0.25, -0.2) is 5.48 Å². The van der Waals surface area contributed by atoms with E-state index in [1.165, 1.54) is 24.5 Å². The lowest BCUT2D eigenvalue weighted by molar-refractivity contribution is -0.408. The molecule has 0 saturated heterocycles. The van der Waals surface area contributed by atoms with E-state index in [0.29, 0.717) is 5.56 Å². The van der Waals surface area contributed by atoms with E-state index >= 15 is 0 Å². The minimum atomic E-state index is -4.07. The van der Waals surface area contributed by atoms with Crippen LogP contribution in [0.3, 0.4) is 0 Å². The van der Waals surface area contributed by atoms with Gasteiger partial charge in [0.05, 0.1) is 16.7 Å². The van der Waals surface area contributed by atoms with Crippen molar-refractivity contribution in [2.75, 3.05) is 12.5 Å². The van der Waals surface area contributed by atoms with Gasteiger partial charge in [-0.2, -0.15) is 4.84 Å². The van der Waals surface area contributed by atoms with Crippen molar-refractivity contribution in [1.82, 2.24) is 10.5 Å². The summed E-state index contributed by atoms with van der Waals surface area (Å²) in [6.07, 6.45) is -1.10. The van der Waals surface area contributed by atoms with Crippen LogP contribution < -0.4 is 5.48 Å². The van der Waals surface area contributed by atoms with Crippen LogP contribution in [0.2, 0.25) is 10.0 Å². The molecule has 0 fully saturated rings. The van der Waals surface area contributed by atoms with Gasteiger partial charge in [0.1, 0.15) is 0 Å². The van der Waals surface area contributed by atoms with E-state index in [2.05, 4.69) is 14.6 Å². The number of alkyl halides is 3. The number of benzene rings is 1. The molecule has 1 N–H and O–H groups in total. The monoisotopic (exact) mass is 438 g/mol. The van der Waals surface area contributed by atoms with Crippen molar-refractivity contribution in [1.29, 1.82) is 0 Å². The van der Waals surface area contributed by atoms with Crippen LogP contribution in [0.4, 0.5) is 8.78 Å². The molecular formula is C17H15Cl3F2N2O3. The highest BCUT2D eigenvalue weighted by molar-refractivity contribution is 6.35. The number of carbonyl (C=O) groups is 1. The maximum absolute atomic E-state index is 13.8. The number of amides is 1. The zero-order valence-electron chi connectivity index (χ0n) is 13.8. The Bertz CT molecular complexity index is 746. The summed E-state index contributed by atoms with van der Waals surface area (Å²) < 4.78 is 32.2. The topological polar surface area (TPSA) is 60.5 Å². The third-order valence-corrected chi connectivity index (χ3v) is 4.33. The van der Waals surface area contributed by atoms with Crippen molar-refractivity contribution in [2.24, 2.45) is 0 Å². The molecule has 1 amide bonds. The van der Waals surface area contributed by atoms with Gasteiger partial charge >= 0.3 is 6.29 Å². The highest BCUT2D eigenvalue weighted by atomic mass is 35.5. The Balaban J connectivity index is 1.98. The summed E-state index contributed by atoms with van der Waals surface area (Å²) in [4.78, 5) is 19.7. The van der Waals surface area contributed by atoms with Crippen molar-refractivity contribution in [3.63, 3.8) is 0 Å². The van der Waals surface area contributed by atoms with Crippen LogP contribution in [-0.4, -0.2) is 29.7 Å². The summed E-state index contributed by atoms with van der Waals surface area (Å²) in [5.74, 6) is -1.29. The molecule has 1 heterocycles. The first-order chi connectivity index (χ1) is 12.8. The summed E-state index contributed by atoms with van der Waals surface area (Å²) >= 11 is 17.9. The van der Waals surface area contributed by atoms with Gasteiger partial charge in [-0.15, -0.1) is 20.4 Å². The normalized spacial score (nSPS) is 12.6. The lowest BCUT2D eigenvalue weighted by Crippen LogP contribution is -2.37. The van der Waals surface area contributed by atoms with Crippen molar-refractivity contribution in [3.05, 3.63) is 63.9 Å². The van der Waals surface area contributed by atoms with Gasteiger partial charge in [0.15, 0.2) is 0 Å². The molecule has 1 aromatic carbocycles. The Hall–Kier alpha value is -1.51. The van der Waals surface area contributed by atoms with Crippen molar-refractivity contribution in [2.45, 2.75) is 18.6 Å². The molecule has 0 bridgehead atoms. The Morgan fingerprint density at radius 3 is 2.41 bits per heavy atom. The zero-order chi connectivity index (χ0) is 19.9. The Kier molecular flexibility index (Phi) is 8.19. The standard InChI is InChI=1S/C17H15Cl3F2N2O3/c18-7-6-12(15-13(19)8-23-9-14(15)20)10-26-17(21,22)27-24-16(25)11-4-2-1-3-5-11/h1-5,8-9,12H,6-7,10H2,(H,24,25). The molecule has 0 spiro atoms. The maximum Gasteiger partial charge on any atom is 0.506 e. The van der Waals surface area contributed by atoms with Crippen molar-refractivity contribution >= 4 is 40.7 Å². The van der Waals surface area contributed by atoms with E-state index in [9.17, 15) is 13.6 Å². The summed E-state index contributed by atoms with van der Waals surface area (Å²) in [6, 6.07) is 7.75. The highest BCUT2D eigenvalue weighted by Crippen LogP contribution is 2.34. The molecule has 0 radical (unpaired) electrons. The summed E-state index contributed by atoms with van der Waals surface area (Å²) in [7, 11) is 0. The Labute approximate surface area is 169 Å². The lowest BCUT2D eigenvalue weighted by atomic mass is 9.98. The van der Waals surface area contributed by atoms with Crippen molar-refractivity contribution < 1.29 is 23.1 Å². The fourth-order valence-electron chi connectivity index (χ4n) is 2.24. The van der Waals surface area contributed by atoms with Crippen molar-refractivity contribution in [3.8, 4) is 0 Å². The van der Waals surface area contributed by atoms with E-state index in [1.807, 2.05) is 0 Å². The molecule has 27 heavy (non-hydrogen) atoms. The van der Waals surface area contributed by atoms with Gasteiger partial charge in [-0.05, 0) is 24.1 Å². The van der Waals surface area contributed by atoms with E-state index in [1.54, 1.807) is 23.7 Å². The number of hydroxylamine groups is 1. The highest BCUT2D eigenvalue weighted by Gasteiger charge is 2.35. The molecule has 146 valence electrons. The molecule has 2 aromatic rings. The quantitative estimate of drug-likeness (QED) is 0.338. The smallest absolute Gasteiger partial charge is 0.294 e. The summed E-state index contributed by atoms with van der Waals surface area (Å²) in [5.41, 5.74) is 2.21. The number of pyridine rings is 1. The minimum Gasteiger partial charge on any atom is -0.294 e. The average molecular weight is 440 g/mol. The zero-order valence-corrected chi connectivity index (χ0v) is 16.1. The Morgan fingerprint density at radius 2 is 1.81 bits per heavy atom. The van der Waals surface area contributed by atoms with Crippen LogP contribution in [0.15, 0.2) is 42.7 Å². The third-order valence-electron chi connectivity index (χ3n) is 3.51. The molecule has 0 saturated carbocycles. The first kappa shape index (κ1) is 21.8. The number of nitrogens with one attached hydrogen (secondary N) is 1. The first-order valence-electron chi connectivity index (χ1n) is 7.74. The molecule has 1 aromatic heterocycles. The van der Waals surface area contributed by atoms with E-state index in [-0.39, 0.29) is 27.9 Å². The molecule has 10 heteroatoms. The van der Waals surface area contributed by atoms with E-state index in [0.717, 1.165) is 0 Å². The van der Waals surface area contributed by atoms with E-state index < -0.39 is 24.7 Å². The average Bonchev–Trinajstić information content (AvgIpc) is 2.65. The van der Waals surface area contributed by atoms with Gasteiger partial charge in [0.25, 0.3) is 5.91 Å². The number of carbonyl (C=O) groups excluding carboxylic acids is 1. The SMILES string of the molecule is O=C(NOC(F)(F)OCC(CCCl)c1c(Cl)cncc1Cl)c1ccccc1. The number of aromatic nitrogens is 1. The second-order valence-corrected chi connectivity index (χ2v) is 6.56. The number of rotatable bonds is 9. The number of halogens is 5. The number of ether oxygens (including phenoxy) is 1. The molecular weight excluding hydrogens is 425 g/mol. The van der Waals surface area contributed by atoms with Gasteiger partial charge in [-0.3, -0.25) is 14.5 Å². The largest absolute Gasteiger partial charge is 0.506 e. The third kappa shape index (κ3) is 6.55. The predicted molar refractivity (Wildman–Crippen MR) is 98.2 cm³/mol. The van der Waals surface area contributed by atoms with Gasteiger partial charge in [0.2, 0.25) is 0 Å². The van der Waals surface area contributed by atoms with Crippen LogP contribution in [0.1, 0.15) is 28.3 Å². The first-order valence-corrected chi connectivity index (χ1v) is 9.03. The molecule has 0 aliphatic heterocycles. The van der Waals surface area contributed by atoms with Crippen LogP contribution in [0.25, 0.3) is 0 Å². The van der Waals surface area contributed by atoms with Crippen LogP contribution in [-0.2, 0) is 9.57 Å². The maximum atomic E-state index is 13.8. The second kappa shape index (κ2) is 10.1. The lowest BCUT2D eigenvalue weighted by Gasteiger charge is -2.22. The predicted octanol–water partition coefficient (Wildman–Crippen LogP) is 5.03. The molecule has 1 unspecified atom stereocenters. The van der Waals surface area contributed by atoms with Crippen LogP contribution in [0, 0.1) is 0 Å². The van der Waals surface area contributed by atoms with Gasteiger partial charge in [0, 0.05) is 29.8 Å². The fraction of sp³-hybridized carbons (Fsp3) is 0.294. The molecule has 2 rings (SSSR count). The summed E-state index contributed by atoms with van der Waals surface area (Å²) in [5, 5.41) is 0.422. The van der Waals surface area contributed by atoms with Crippen LogP contribution in [0.5, 0.6) is 0 Å². The van der Waals surface area contributed by atoms with Crippen LogP contribution >= 0.6 is 34.8 Å². The molecule has 5 nitrogen and oxygen atoms in total. The van der Waals surface area contributed by atoms with E-state index in [4.69, 9.17) is 34.8 Å². The molecule has 0 aliphatic rings. The molecule has 0 aliphatic carbocycles. The molecule has 1 atom stereocenters. The Morgan fingerprint density at radius 1 is 1.19 bits per heavy atom. The number of nitrogens with zero attached hydrogens (tertiary/aromatic N) is 1. The fourth-order valence-corrected chi connectivity index (χ4v) is 3.17. The summed E-state index contributed by atoms with van der Waals surface area (Å²) in [6.45, 7) is -0.496. The number of hydrogen-bond donors (Lipinski definition) is 1. The number of hydrogen-bond acceptors (Lipinski definition) is 4. The van der Waals surface area contributed by atoms with Gasteiger partial charge < -0.3 is 0 Å².